The first kappa shape index (κ1) is 10.8. The highest BCUT2D eigenvalue weighted by molar-refractivity contribution is 4.36. The maximum atomic E-state index is 9.43. The Hall–Kier alpha value is -0.160. The molecule has 4 nitrogen and oxygen atoms in total. The Morgan fingerprint density at radius 2 is 1.82 bits per heavy atom. The fourth-order valence-corrected chi connectivity index (χ4v) is 1.02. The lowest BCUT2D eigenvalue weighted by atomic mass is 10.4. The molecule has 0 aliphatic rings. The van der Waals surface area contributed by atoms with E-state index in [0.717, 1.165) is 0 Å². The van der Waals surface area contributed by atoms with E-state index in [9.17, 15) is 5.11 Å². The van der Waals surface area contributed by atoms with Gasteiger partial charge in [-0.25, -0.2) is 4.59 Å². The molecule has 0 saturated carbocycles. The molecule has 3 N–H and O–H groups in total. The van der Waals surface area contributed by atoms with Gasteiger partial charge in [0.15, 0.2) is 0 Å². The molecular formula is C7H19N2O2+. The molecule has 0 amide bonds. The Bertz CT molecular complexity index is 115. The summed E-state index contributed by atoms with van der Waals surface area (Å²) in [5, 5.41) is 18.4. The summed E-state index contributed by atoms with van der Waals surface area (Å²) in [5.41, 5.74) is 2.81. The lowest BCUT2D eigenvalue weighted by Crippen LogP contribution is -2.60. The van der Waals surface area contributed by atoms with Crippen LogP contribution in [0.2, 0.25) is 0 Å². The zero-order valence-corrected chi connectivity index (χ0v) is 7.70. The first-order chi connectivity index (χ1) is 4.90. The molecule has 11 heavy (non-hydrogen) atoms. The number of nitrogens with one attached hydrogen (secondary N) is 1. The van der Waals surface area contributed by atoms with Gasteiger partial charge in [-0.05, 0) is 6.92 Å². The van der Waals surface area contributed by atoms with Crippen LogP contribution in [0.25, 0.3) is 0 Å². The van der Waals surface area contributed by atoms with Crippen molar-refractivity contribution < 1.29 is 14.8 Å². The third-order valence-corrected chi connectivity index (χ3v) is 1.63. The zero-order chi connectivity index (χ0) is 9.07. The number of hydrogen-bond acceptors (Lipinski definition) is 3. The number of aliphatic hydroxyl groups is 2. The average molecular weight is 163 g/mol. The van der Waals surface area contributed by atoms with Gasteiger partial charge >= 0.3 is 0 Å². The molecule has 0 aromatic rings. The van der Waals surface area contributed by atoms with Gasteiger partial charge in [0.1, 0.15) is 6.23 Å². The molecule has 2 unspecified atom stereocenters. The van der Waals surface area contributed by atoms with Crippen molar-refractivity contribution in [2.24, 2.45) is 0 Å². The molecule has 0 bridgehead atoms. The summed E-state index contributed by atoms with van der Waals surface area (Å²) in [5.74, 6) is 0. The van der Waals surface area contributed by atoms with Crippen LogP contribution in [0.4, 0.5) is 0 Å². The van der Waals surface area contributed by atoms with Crippen LogP contribution in [0.3, 0.4) is 0 Å². The van der Waals surface area contributed by atoms with Crippen molar-refractivity contribution >= 4 is 0 Å². The summed E-state index contributed by atoms with van der Waals surface area (Å²) < 4.78 is 0.216. The van der Waals surface area contributed by atoms with Gasteiger partial charge in [-0.2, -0.15) is 0 Å². The quantitative estimate of drug-likeness (QED) is 0.301. The van der Waals surface area contributed by atoms with Crippen molar-refractivity contribution in [3.05, 3.63) is 0 Å². The predicted molar refractivity (Wildman–Crippen MR) is 43.2 cm³/mol. The van der Waals surface area contributed by atoms with Crippen molar-refractivity contribution in [2.75, 3.05) is 14.1 Å². The van der Waals surface area contributed by atoms with E-state index in [2.05, 4.69) is 5.43 Å². The van der Waals surface area contributed by atoms with Gasteiger partial charge in [0.05, 0.1) is 14.1 Å². The van der Waals surface area contributed by atoms with Crippen LogP contribution in [0, 0.1) is 0 Å². The average Bonchev–Trinajstić information content (AvgIpc) is 1.83. The standard InChI is InChI=1S/C7H19N2O2/c1-5-7(11)9(3,4)8-6(2)10/h6-8,10-11H,5H2,1-4H3/q+1. The number of nitrogens with zero attached hydrogens (tertiary/aromatic N) is 1. The van der Waals surface area contributed by atoms with Crippen LogP contribution in [-0.4, -0.2) is 41.4 Å². The van der Waals surface area contributed by atoms with Gasteiger partial charge in [-0.15, -0.1) is 5.43 Å². The molecule has 4 heteroatoms. The van der Waals surface area contributed by atoms with Crippen LogP contribution in [0.1, 0.15) is 20.3 Å². The predicted octanol–water partition coefficient (Wildman–Crippen LogP) is -0.366. The summed E-state index contributed by atoms with van der Waals surface area (Å²) in [6, 6.07) is 0. The van der Waals surface area contributed by atoms with E-state index in [0.29, 0.717) is 6.42 Å². The van der Waals surface area contributed by atoms with E-state index in [1.165, 1.54) is 0 Å². The second kappa shape index (κ2) is 4.01. The smallest absolute Gasteiger partial charge is 0.207 e. The number of hydrogen-bond donors (Lipinski definition) is 3. The molecule has 0 saturated heterocycles. The topological polar surface area (TPSA) is 52.5 Å². The summed E-state index contributed by atoms with van der Waals surface area (Å²) in [7, 11) is 3.61. The number of aliphatic hydroxyl groups excluding tert-OH is 2. The van der Waals surface area contributed by atoms with E-state index in [4.69, 9.17) is 5.11 Å². The summed E-state index contributed by atoms with van der Waals surface area (Å²) in [6.07, 6.45) is -0.428. The van der Waals surface area contributed by atoms with Gasteiger partial charge in [0.2, 0.25) is 6.23 Å². The fourth-order valence-electron chi connectivity index (χ4n) is 1.02. The van der Waals surface area contributed by atoms with E-state index in [1.54, 1.807) is 21.0 Å². The van der Waals surface area contributed by atoms with Crippen LogP contribution in [0.5, 0.6) is 0 Å². The molecule has 0 spiro atoms. The molecular weight excluding hydrogens is 144 g/mol. The lowest BCUT2D eigenvalue weighted by Gasteiger charge is -2.34. The summed E-state index contributed by atoms with van der Waals surface area (Å²) >= 11 is 0. The van der Waals surface area contributed by atoms with Crippen molar-refractivity contribution in [1.29, 1.82) is 0 Å². The molecule has 0 aliphatic carbocycles. The molecule has 0 radical (unpaired) electrons. The van der Waals surface area contributed by atoms with Crippen LogP contribution in [0.15, 0.2) is 0 Å². The van der Waals surface area contributed by atoms with Gasteiger partial charge in [-0.1, -0.05) is 6.92 Å². The Balaban J connectivity index is 3.98. The van der Waals surface area contributed by atoms with Crippen molar-refractivity contribution in [3.8, 4) is 0 Å². The van der Waals surface area contributed by atoms with Crippen LogP contribution in [-0.2, 0) is 0 Å². The lowest BCUT2D eigenvalue weighted by molar-refractivity contribution is -0.982. The molecule has 0 heterocycles. The summed E-state index contributed by atoms with van der Waals surface area (Å²) in [4.78, 5) is 0. The SMILES string of the molecule is CCC(O)[N+](C)(C)NC(C)O. The van der Waals surface area contributed by atoms with E-state index in [1.807, 2.05) is 6.92 Å². The van der Waals surface area contributed by atoms with Crippen LogP contribution < -0.4 is 5.43 Å². The van der Waals surface area contributed by atoms with Crippen LogP contribution >= 0.6 is 0 Å². The van der Waals surface area contributed by atoms with Gasteiger partial charge in [-0.3, -0.25) is 0 Å². The molecule has 0 aromatic heterocycles. The normalized spacial score (nSPS) is 18.0. The maximum Gasteiger partial charge on any atom is 0.207 e. The van der Waals surface area contributed by atoms with Gasteiger partial charge in [0.25, 0.3) is 0 Å². The maximum absolute atomic E-state index is 9.43. The fraction of sp³-hybridized carbons (Fsp3) is 1.00. The van der Waals surface area contributed by atoms with Crippen molar-refractivity contribution in [2.45, 2.75) is 32.7 Å². The number of quaternary nitrogens is 1. The third kappa shape index (κ3) is 3.67. The molecule has 0 fully saturated rings. The first-order valence-electron chi connectivity index (χ1n) is 3.87. The zero-order valence-electron chi connectivity index (χ0n) is 7.70. The van der Waals surface area contributed by atoms with Gasteiger partial charge < -0.3 is 10.2 Å². The number of rotatable bonds is 4. The highest BCUT2D eigenvalue weighted by Crippen LogP contribution is 2.03. The Morgan fingerprint density at radius 1 is 1.36 bits per heavy atom. The van der Waals surface area contributed by atoms with E-state index >= 15 is 0 Å². The van der Waals surface area contributed by atoms with E-state index < -0.39 is 12.5 Å². The Morgan fingerprint density at radius 3 is 2.09 bits per heavy atom. The third-order valence-electron chi connectivity index (χ3n) is 1.63. The highest BCUT2D eigenvalue weighted by atomic mass is 16.3. The highest BCUT2D eigenvalue weighted by Gasteiger charge is 2.25. The first-order valence-corrected chi connectivity index (χ1v) is 3.87. The minimum atomic E-state index is -0.605. The van der Waals surface area contributed by atoms with Crippen molar-refractivity contribution in [3.63, 3.8) is 0 Å². The Kier molecular flexibility index (Phi) is 3.96. The molecule has 68 valence electrons. The van der Waals surface area contributed by atoms with Crippen molar-refractivity contribution in [1.82, 2.24) is 5.43 Å². The summed E-state index contributed by atoms with van der Waals surface area (Å²) in [6.45, 7) is 3.52. The minimum Gasteiger partial charge on any atom is -0.374 e. The minimum absolute atomic E-state index is 0.216. The Labute approximate surface area is 68.0 Å². The monoisotopic (exact) mass is 163 g/mol. The second-order valence-electron chi connectivity index (χ2n) is 3.23. The molecule has 2 atom stereocenters. The molecule has 0 aromatic carbocycles. The van der Waals surface area contributed by atoms with Gasteiger partial charge in [0, 0.05) is 6.42 Å². The largest absolute Gasteiger partial charge is 0.374 e. The second-order valence-corrected chi connectivity index (χ2v) is 3.23. The molecule has 0 aliphatic heterocycles. The molecule has 0 rings (SSSR count). The van der Waals surface area contributed by atoms with E-state index in [-0.39, 0.29) is 4.59 Å².